The topological polar surface area (TPSA) is 101 Å². The molecule has 1 aliphatic heterocycles. The van der Waals surface area contributed by atoms with E-state index in [1.807, 2.05) is 13.0 Å². The number of carbonyl (C=O) groups excluding carboxylic acids is 2. The Balaban J connectivity index is 1.73. The third kappa shape index (κ3) is 4.71. The number of hydrogen-bond donors (Lipinski definition) is 1. The normalized spacial score (nSPS) is 17.5. The molecule has 160 valence electrons. The molecule has 2 amide bonds. The number of primary amides is 1. The second-order valence-electron chi connectivity index (χ2n) is 7.71. The van der Waals surface area contributed by atoms with Crippen LogP contribution >= 0.6 is 0 Å². The first-order valence-corrected chi connectivity index (χ1v) is 11.4. The van der Waals surface area contributed by atoms with Crippen LogP contribution in [0.5, 0.6) is 0 Å². The quantitative estimate of drug-likeness (QED) is 0.763. The molecule has 0 aliphatic carbocycles. The summed E-state index contributed by atoms with van der Waals surface area (Å²) in [6.45, 7) is 2.75. The molecule has 1 saturated heterocycles. The van der Waals surface area contributed by atoms with Gasteiger partial charge in [0.05, 0.1) is 4.90 Å². The highest BCUT2D eigenvalue weighted by Gasteiger charge is 2.31. The maximum atomic E-state index is 12.9. The van der Waals surface area contributed by atoms with Gasteiger partial charge in [-0.15, -0.1) is 0 Å². The second kappa shape index (κ2) is 8.97. The van der Waals surface area contributed by atoms with Crippen LogP contribution in [0.25, 0.3) is 0 Å². The van der Waals surface area contributed by atoms with Gasteiger partial charge in [-0.05, 0) is 61.7 Å². The summed E-state index contributed by atoms with van der Waals surface area (Å²) in [6.07, 6.45) is 2.76. The fraction of sp³-hybridized carbons (Fsp3) is 0.364. The molecule has 3 rings (SSSR count). The third-order valence-electron chi connectivity index (χ3n) is 5.43. The first-order chi connectivity index (χ1) is 14.2. The van der Waals surface area contributed by atoms with Crippen molar-refractivity contribution in [1.82, 2.24) is 9.21 Å². The zero-order valence-corrected chi connectivity index (χ0v) is 18.1. The summed E-state index contributed by atoms with van der Waals surface area (Å²) in [5.74, 6) is -0.764. The summed E-state index contributed by atoms with van der Waals surface area (Å²) >= 11 is 0. The molecule has 0 aromatic heterocycles. The predicted octanol–water partition coefficient (Wildman–Crippen LogP) is 2.62. The van der Waals surface area contributed by atoms with Gasteiger partial charge in [-0.1, -0.05) is 18.6 Å². The van der Waals surface area contributed by atoms with Gasteiger partial charge in [-0.25, -0.2) is 8.42 Å². The van der Waals surface area contributed by atoms with Gasteiger partial charge in [0.15, 0.2) is 0 Å². The van der Waals surface area contributed by atoms with E-state index in [0.717, 1.165) is 24.8 Å². The van der Waals surface area contributed by atoms with E-state index in [1.54, 1.807) is 41.7 Å². The van der Waals surface area contributed by atoms with Crippen molar-refractivity contribution in [1.29, 1.82) is 0 Å². The number of nitrogens with two attached hydrogens (primary N) is 1. The Morgan fingerprint density at radius 2 is 1.80 bits per heavy atom. The summed E-state index contributed by atoms with van der Waals surface area (Å²) in [4.78, 5) is 25.8. The number of benzene rings is 2. The number of piperidine rings is 1. The van der Waals surface area contributed by atoms with Crippen LogP contribution in [0.3, 0.4) is 0 Å². The highest BCUT2D eigenvalue weighted by molar-refractivity contribution is 7.89. The first-order valence-electron chi connectivity index (χ1n) is 9.96. The van der Waals surface area contributed by atoms with Crippen molar-refractivity contribution in [3.63, 3.8) is 0 Å². The predicted molar refractivity (Wildman–Crippen MR) is 114 cm³/mol. The van der Waals surface area contributed by atoms with Crippen molar-refractivity contribution in [2.75, 3.05) is 13.6 Å². The van der Waals surface area contributed by atoms with Crippen LogP contribution in [-0.2, 0) is 16.6 Å². The lowest BCUT2D eigenvalue weighted by Crippen LogP contribution is -2.41. The van der Waals surface area contributed by atoms with E-state index in [9.17, 15) is 18.0 Å². The molecular weight excluding hydrogens is 402 g/mol. The minimum Gasteiger partial charge on any atom is -0.366 e. The maximum absolute atomic E-state index is 12.9. The van der Waals surface area contributed by atoms with E-state index < -0.39 is 15.9 Å². The Labute approximate surface area is 177 Å². The van der Waals surface area contributed by atoms with Crippen molar-refractivity contribution in [2.45, 2.75) is 43.7 Å². The third-order valence-corrected chi connectivity index (χ3v) is 7.46. The van der Waals surface area contributed by atoms with Crippen LogP contribution in [-0.4, -0.2) is 49.1 Å². The van der Waals surface area contributed by atoms with Crippen molar-refractivity contribution in [3.05, 3.63) is 65.2 Å². The summed E-state index contributed by atoms with van der Waals surface area (Å²) in [7, 11) is -1.92. The molecule has 8 heteroatoms. The summed E-state index contributed by atoms with van der Waals surface area (Å²) in [5, 5.41) is 0. The molecule has 1 atom stereocenters. The highest BCUT2D eigenvalue weighted by Crippen LogP contribution is 2.25. The van der Waals surface area contributed by atoms with Gasteiger partial charge in [0.2, 0.25) is 15.9 Å². The minimum absolute atomic E-state index is 0.0210. The molecule has 7 nitrogen and oxygen atoms in total. The Morgan fingerprint density at radius 1 is 1.10 bits per heavy atom. The molecule has 1 heterocycles. The van der Waals surface area contributed by atoms with Crippen LogP contribution in [0.2, 0.25) is 0 Å². The summed E-state index contributed by atoms with van der Waals surface area (Å²) < 4.78 is 27.4. The van der Waals surface area contributed by atoms with Crippen molar-refractivity contribution < 1.29 is 18.0 Å². The van der Waals surface area contributed by atoms with Crippen LogP contribution < -0.4 is 5.73 Å². The Morgan fingerprint density at radius 3 is 2.43 bits per heavy atom. The van der Waals surface area contributed by atoms with Gasteiger partial charge in [-0.3, -0.25) is 9.59 Å². The van der Waals surface area contributed by atoms with E-state index in [-0.39, 0.29) is 16.8 Å². The largest absolute Gasteiger partial charge is 0.366 e. The van der Waals surface area contributed by atoms with Crippen LogP contribution in [0.15, 0.2) is 53.4 Å². The number of hydrogen-bond acceptors (Lipinski definition) is 4. The van der Waals surface area contributed by atoms with Gasteiger partial charge in [0.1, 0.15) is 0 Å². The lowest BCUT2D eigenvalue weighted by Gasteiger charge is -2.32. The van der Waals surface area contributed by atoms with Crippen molar-refractivity contribution >= 4 is 21.8 Å². The van der Waals surface area contributed by atoms with Gasteiger partial charge < -0.3 is 10.6 Å². The molecule has 2 N–H and O–H groups in total. The highest BCUT2D eigenvalue weighted by atomic mass is 32.2. The van der Waals surface area contributed by atoms with Crippen LogP contribution in [0.4, 0.5) is 0 Å². The summed E-state index contributed by atoms with van der Waals surface area (Å²) in [6, 6.07) is 12.8. The number of nitrogens with zero attached hydrogens (tertiary/aromatic N) is 2. The summed E-state index contributed by atoms with van der Waals surface area (Å²) in [5.41, 5.74) is 6.86. The Hall–Kier alpha value is -2.71. The molecule has 1 unspecified atom stereocenters. The van der Waals surface area contributed by atoms with Crippen molar-refractivity contribution in [3.8, 4) is 0 Å². The zero-order chi connectivity index (χ0) is 21.9. The molecule has 0 saturated carbocycles. The molecule has 0 spiro atoms. The minimum atomic E-state index is -3.57. The van der Waals surface area contributed by atoms with E-state index in [4.69, 9.17) is 5.73 Å². The van der Waals surface area contributed by atoms with Crippen molar-refractivity contribution in [2.24, 2.45) is 5.73 Å². The average Bonchev–Trinajstić information content (AvgIpc) is 2.73. The Kier molecular flexibility index (Phi) is 6.58. The van der Waals surface area contributed by atoms with E-state index in [0.29, 0.717) is 24.2 Å². The maximum Gasteiger partial charge on any atom is 0.253 e. The number of amides is 2. The van der Waals surface area contributed by atoms with Gasteiger partial charge in [0, 0.05) is 37.3 Å². The molecule has 0 bridgehead atoms. The molecule has 30 heavy (non-hydrogen) atoms. The SMILES string of the molecule is CC1CCCCN1S(=O)(=O)c1ccc(C(=O)N(C)Cc2cccc(C(N)=O)c2)cc1. The smallest absolute Gasteiger partial charge is 0.253 e. The first kappa shape index (κ1) is 22.0. The Bertz CT molecular complexity index is 1030. The zero-order valence-electron chi connectivity index (χ0n) is 17.2. The van der Waals surface area contributed by atoms with Crippen LogP contribution in [0, 0.1) is 0 Å². The fourth-order valence-corrected chi connectivity index (χ4v) is 5.42. The van der Waals surface area contributed by atoms with Gasteiger partial charge >= 0.3 is 0 Å². The molecule has 2 aromatic carbocycles. The number of rotatable bonds is 6. The monoisotopic (exact) mass is 429 g/mol. The molecule has 1 fully saturated rings. The average molecular weight is 430 g/mol. The van der Waals surface area contributed by atoms with Gasteiger partial charge in [0.25, 0.3) is 5.91 Å². The van der Waals surface area contributed by atoms with Crippen LogP contribution in [0.1, 0.15) is 52.5 Å². The van der Waals surface area contributed by atoms with E-state index in [2.05, 4.69) is 0 Å². The fourth-order valence-electron chi connectivity index (χ4n) is 3.72. The lowest BCUT2D eigenvalue weighted by molar-refractivity contribution is 0.0785. The molecule has 0 radical (unpaired) electrons. The van der Waals surface area contributed by atoms with Gasteiger partial charge in [-0.2, -0.15) is 4.31 Å². The number of sulfonamides is 1. The second-order valence-corrected chi connectivity index (χ2v) is 9.60. The molecule has 2 aromatic rings. The lowest BCUT2D eigenvalue weighted by atomic mass is 10.1. The van der Waals surface area contributed by atoms with E-state index >= 15 is 0 Å². The standard InChI is InChI=1S/C22H27N3O4S/c1-16-6-3-4-13-25(16)30(28,29)20-11-9-18(10-12-20)22(27)24(2)15-17-7-5-8-19(14-17)21(23)26/h5,7-12,14,16H,3-4,6,13,15H2,1-2H3,(H2,23,26). The van der Waals surface area contributed by atoms with E-state index in [1.165, 1.54) is 17.0 Å². The molecular formula is C22H27N3O4S. The number of carbonyl (C=O) groups is 2. The molecule has 1 aliphatic rings.